The van der Waals surface area contributed by atoms with Crippen molar-refractivity contribution in [3.8, 4) is 0 Å². The highest BCUT2D eigenvalue weighted by molar-refractivity contribution is 5.78. The van der Waals surface area contributed by atoms with Crippen molar-refractivity contribution in [2.24, 2.45) is 0 Å². The molecule has 1 fully saturated rings. The van der Waals surface area contributed by atoms with Crippen molar-refractivity contribution in [3.05, 3.63) is 35.8 Å². The van der Waals surface area contributed by atoms with E-state index in [0.717, 1.165) is 36.1 Å². The lowest BCUT2D eigenvalue weighted by atomic mass is 9.85. The van der Waals surface area contributed by atoms with E-state index in [1.54, 1.807) is 12.1 Å². The zero-order chi connectivity index (χ0) is 13.5. The summed E-state index contributed by atoms with van der Waals surface area (Å²) >= 11 is 0. The molecule has 2 atom stereocenters. The summed E-state index contributed by atoms with van der Waals surface area (Å²) in [6.45, 7) is 5.39. The van der Waals surface area contributed by atoms with E-state index < -0.39 is 0 Å². The number of nitrogens with one attached hydrogen (secondary N) is 1. The number of benzene rings is 1. The molecule has 1 aromatic carbocycles. The van der Waals surface area contributed by atoms with Crippen LogP contribution in [-0.4, -0.2) is 12.6 Å². The molecule has 0 amide bonds. The van der Waals surface area contributed by atoms with E-state index in [1.807, 2.05) is 6.07 Å². The molecule has 1 saturated carbocycles. The van der Waals surface area contributed by atoms with Gasteiger partial charge in [0, 0.05) is 16.8 Å². The first-order valence-corrected chi connectivity index (χ1v) is 7.04. The van der Waals surface area contributed by atoms with Gasteiger partial charge < -0.3 is 9.73 Å². The van der Waals surface area contributed by atoms with Gasteiger partial charge in [-0.2, -0.15) is 0 Å². The lowest BCUT2D eigenvalue weighted by Gasteiger charge is -2.21. The number of hydrogen-bond acceptors (Lipinski definition) is 2. The van der Waals surface area contributed by atoms with Gasteiger partial charge in [0.05, 0.1) is 0 Å². The highest BCUT2D eigenvalue weighted by Crippen LogP contribution is 2.42. The third kappa shape index (κ3) is 2.27. The molecule has 0 radical (unpaired) electrons. The van der Waals surface area contributed by atoms with Crippen LogP contribution in [0.3, 0.4) is 0 Å². The minimum atomic E-state index is -0.207. The van der Waals surface area contributed by atoms with E-state index >= 15 is 0 Å². The van der Waals surface area contributed by atoms with Gasteiger partial charge in [0.25, 0.3) is 0 Å². The van der Waals surface area contributed by atoms with Crippen LogP contribution in [0, 0.1) is 5.82 Å². The van der Waals surface area contributed by atoms with Crippen LogP contribution in [-0.2, 0) is 5.41 Å². The van der Waals surface area contributed by atoms with Crippen LogP contribution in [0.2, 0.25) is 0 Å². The molecule has 1 heterocycles. The monoisotopic (exact) mass is 261 g/mol. The van der Waals surface area contributed by atoms with Gasteiger partial charge >= 0.3 is 0 Å². The first-order valence-electron chi connectivity index (χ1n) is 7.04. The van der Waals surface area contributed by atoms with Crippen LogP contribution in [0.1, 0.15) is 38.9 Å². The Bertz CT molecular complexity index is 591. The highest BCUT2D eigenvalue weighted by Gasteiger charge is 2.38. The molecule has 1 N–H and O–H groups in total. The lowest BCUT2D eigenvalue weighted by molar-refractivity contribution is 0.370. The topological polar surface area (TPSA) is 25.2 Å². The molecule has 1 aliphatic rings. The molecular weight excluding hydrogens is 241 g/mol. The molecule has 3 heteroatoms. The Morgan fingerprint density at radius 1 is 1.42 bits per heavy atom. The second kappa shape index (κ2) is 4.64. The maximum atomic E-state index is 13.2. The van der Waals surface area contributed by atoms with Crippen molar-refractivity contribution in [2.75, 3.05) is 6.54 Å². The molecule has 2 aromatic rings. The van der Waals surface area contributed by atoms with Crippen molar-refractivity contribution in [1.29, 1.82) is 0 Å². The zero-order valence-electron chi connectivity index (χ0n) is 11.5. The van der Waals surface area contributed by atoms with Gasteiger partial charge in [0.1, 0.15) is 17.2 Å². The average molecular weight is 261 g/mol. The molecule has 102 valence electrons. The van der Waals surface area contributed by atoms with Crippen LogP contribution >= 0.6 is 0 Å². The molecule has 0 spiro atoms. The number of hydrogen-bond donors (Lipinski definition) is 1. The smallest absolute Gasteiger partial charge is 0.134 e. The second-order valence-electron chi connectivity index (χ2n) is 5.85. The lowest BCUT2D eigenvalue weighted by Crippen LogP contribution is -2.28. The summed E-state index contributed by atoms with van der Waals surface area (Å²) < 4.78 is 19.2. The fourth-order valence-corrected chi connectivity index (χ4v) is 3.24. The quantitative estimate of drug-likeness (QED) is 0.903. The SMILES string of the molecule is CCNC1CCC(C)(c2cc3cc(F)ccc3o2)C1. The number of fused-ring (bicyclic) bond motifs is 1. The van der Waals surface area contributed by atoms with Crippen LogP contribution in [0.15, 0.2) is 28.7 Å². The Labute approximate surface area is 113 Å². The molecule has 0 saturated heterocycles. The standard InChI is InChI=1S/C16H20FNO/c1-3-18-13-6-7-16(2,10-13)15-9-11-8-12(17)4-5-14(11)19-15/h4-5,8-9,13,18H,3,6-7,10H2,1-2H3. The molecular formula is C16H20FNO. The summed E-state index contributed by atoms with van der Waals surface area (Å²) in [5, 5.41) is 4.37. The van der Waals surface area contributed by atoms with Gasteiger partial charge in [-0.05, 0) is 50.1 Å². The van der Waals surface area contributed by atoms with Crippen LogP contribution < -0.4 is 5.32 Å². The second-order valence-corrected chi connectivity index (χ2v) is 5.85. The first kappa shape index (κ1) is 12.7. The predicted octanol–water partition coefficient (Wildman–Crippen LogP) is 3.99. The largest absolute Gasteiger partial charge is 0.460 e. The summed E-state index contributed by atoms with van der Waals surface area (Å²) in [5.74, 6) is 0.787. The van der Waals surface area contributed by atoms with Gasteiger partial charge in [-0.15, -0.1) is 0 Å². The van der Waals surface area contributed by atoms with Gasteiger partial charge in [-0.25, -0.2) is 4.39 Å². The molecule has 19 heavy (non-hydrogen) atoms. The third-order valence-electron chi connectivity index (χ3n) is 4.31. The molecule has 1 aliphatic carbocycles. The van der Waals surface area contributed by atoms with Crippen molar-refractivity contribution < 1.29 is 8.81 Å². The fourth-order valence-electron chi connectivity index (χ4n) is 3.24. The summed E-state index contributed by atoms with van der Waals surface area (Å²) in [6, 6.07) is 7.29. The van der Waals surface area contributed by atoms with E-state index in [9.17, 15) is 4.39 Å². The van der Waals surface area contributed by atoms with E-state index in [-0.39, 0.29) is 11.2 Å². The number of furan rings is 1. The molecule has 2 unspecified atom stereocenters. The zero-order valence-corrected chi connectivity index (χ0v) is 11.5. The normalized spacial score (nSPS) is 27.2. The fraction of sp³-hybridized carbons (Fsp3) is 0.500. The molecule has 3 rings (SSSR count). The average Bonchev–Trinajstić information content (AvgIpc) is 2.94. The van der Waals surface area contributed by atoms with Gasteiger partial charge in [0.15, 0.2) is 0 Å². The molecule has 0 aliphatic heterocycles. The Hall–Kier alpha value is -1.35. The number of halogens is 1. The highest BCUT2D eigenvalue weighted by atomic mass is 19.1. The van der Waals surface area contributed by atoms with Crippen LogP contribution in [0.5, 0.6) is 0 Å². The van der Waals surface area contributed by atoms with Gasteiger partial charge in [0.2, 0.25) is 0 Å². The van der Waals surface area contributed by atoms with Crippen molar-refractivity contribution in [2.45, 2.75) is 44.6 Å². The van der Waals surface area contributed by atoms with Crippen LogP contribution in [0.25, 0.3) is 11.0 Å². The predicted molar refractivity (Wildman–Crippen MR) is 74.8 cm³/mol. The summed E-state index contributed by atoms with van der Waals surface area (Å²) in [7, 11) is 0. The van der Waals surface area contributed by atoms with E-state index in [4.69, 9.17) is 4.42 Å². The number of rotatable bonds is 3. The minimum absolute atomic E-state index is 0.0718. The molecule has 0 bridgehead atoms. The molecule has 2 nitrogen and oxygen atoms in total. The third-order valence-corrected chi connectivity index (χ3v) is 4.31. The Kier molecular flexibility index (Phi) is 3.09. The summed E-state index contributed by atoms with van der Waals surface area (Å²) in [6.07, 6.45) is 3.38. The first-order chi connectivity index (χ1) is 9.10. The van der Waals surface area contributed by atoms with Crippen molar-refractivity contribution in [1.82, 2.24) is 5.32 Å². The molecule has 1 aromatic heterocycles. The summed E-state index contributed by atoms with van der Waals surface area (Å²) in [4.78, 5) is 0. The Balaban J connectivity index is 1.91. The minimum Gasteiger partial charge on any atom is -0.460 e. The van der Waals surface area contributed by atoms with E-state index in [2.05, 4.69) is 19.2 Å². The Morgan fingerprint density at radius 2 is 2.26 bits per heavy atom. The maximum Gasteiger partial charge on any atom is 0.134 e. The van der Waals surface area contributed by atoms with E-state index in [0.29, 0.717) is 6.04 Å². The van der Waals surface area contributed by atoms with E-state index in [1.165, 1.54) is 12.5 Å². The van der Waals surface area contributed by atoms with Crippen LogP contribution in [0.4, 0.5) is 4.39 Å². The summed E-state index contributed by atoms with van der Waals surface area (Å²) in [5.41, 5.74) is 0.854. The maximum absolute atomic E-state index is 13.2. The van der Waals surface area contributed by atoms with Crippen molar-refractivity contribution in [3.63, 3.8) is 0 Å². The Morgan fingerprint density at radius 3 is 3.05 bits per heavy atom. The van der Waals surface area contributed by atoms with Gasteiger partial charge in [-0.1, -0.05) is 13.8 Å². The van der Waals surface area contributed by atoms with Crippen molar-refractivity contribution >= 4 is 11.0 Å². The van der Waals surface area contributed by atoms with Gasteiger partial charge in [-0.3, -0.25) is 0 Å².